The number of hydrogen-bond donors (Lipinski definition) is 1. The molecule has 2 atom stereocenters. The normalized spacial score (nSPS) is 21.9. The van der Waals surface area contributed by atoms with E-state index in [0.29, 0.717) is 25.4 Å². The van der Waals surface area contributed by atoms with Gasteiger partial charge in [0.05, 0.1) is 31.7 Å². The maximum Gasteiger partial charge on any atom is 0.157 e. The first-order valence-corrected chi connectivity index (χ1v) is 7.70. The summed E-state index contributed by atoms with van der Waals surface area (Å²) in [5, 5.41) is 18.6. The maximum absolute atomic E-state index is 10.2. The van der Waals surface area contributed by atoms with Crippen LogP contribution in [0.25, 0.3) is 0 Å². The minimum absolute atomic E-state index is 0.234. The second-order valence-electron chi connectivity index (χ2n) is 5.87. The Labute approximate surface area is 135 Å². The number of β-amino-alcohol motifs (C(OH)–C–C–N with tert-alkyl or cyclic N) is 1. The van der Waals surface area contributed by atoms with Crippen molar-refractivity contribution in [1.29, 1.82) is 0 Å². The molecule has 0 aliphatic carbocycles. The molecule has 1 aliphatic heterocycles. The second kappa shape index (κ2) is 7.12. The number of hydrogen-bond acceptors (Lipinski definition) is 6. The largest absolute Gasteiger partial charge is 0.483 e. The quantitative estimate of drug-likeness (QED) is 0.766. The first kappa shape index (κ1) is 16.0. The zero-order valence-electron chi connectivity index (χ0n) is 13.5. The van der Waals surface area contributed by atoms with Gasteiger partial charge in [0.2, 0.25) is 0 Å². The number of aromatic nitrogens is 4. The molecule has 8 heteroatoms. The van der Waals surface area contributed by atoms with Gasteiger partial charge >= 0.3 is 0 Å². The van der Waals surface area contributed by atoms with Crippen LogP contribution in [-0.4, -0.2) is 68.6 Å². The molecule has 2 aromatic rings. The smallest absolute Gasteiger partial charge is 0.157 e. The number of rotatable bonds is 7. The molecule has 1 N–H and O–H groups in total. The van der Waals surface area contributed by atoms with Crippen LogP contribution in [0.2, 0.25) is 0 Å². The van der Waals surface area contributed by atoms with Crippen molar-refractivity contribution in [2.75, 3.05) is 26.8 Å². The average molecular weight is 321 g/mol. The summed E-state index contributed by atoms with van der Waals surface area (Å²) < 4.78 is 14.4. The number of aliphatic hydroxyl groups is 1. The predicted octanol–water partition coefficient (Wildman–Crippen LogP) is -0.113. The lowest BCUT2D eigenvalue weighted by molar-refractivity contribution is 0.0736. The third-order valence-electron chi connectivity index (χ3n) is 3.90. The third-order valence-corrected chi connectivity index (χ3v) is 3.90. The van der Waals surface area contributed by atoms with Crippen LogP contribution in [0, 0.1) is 0 Å². The van der Waals surface area contributed by atoms with E-state index in [2.05, 4.69) is 15.1 Å². The van der Waals surface area contributed by atoms with E-state index in [-0.39, 0.29) is 6.10 Å². The van der Waals surface area contributed by atoms with Crippen molar-refractivity contribution < 1.29 is 14.6 Å². The lowest BCUT2D eigenvalue weighted by Crippen LogP contribution is -2.29. The van der Waals surface area contributed by atoms with Gasteiger partial charge in [-0.25, -0.2) is 0 Å². The highest BCUT2D eigenvalue weighted by atomic mass is 16.5. The Balaban J connectivity index is 1.52. The fourth-order valence-electron chi connectivity index (χ4n) is 2.77. The van der Waals surface area contributed by atoms with Gasteiger partial charge in [-0.15, -0.1) is 0 Å². The van der Waals surface area contributed by atoms with E-state index < -0.39 is 6.10 Å². The van der Waals surface area contributed by atoms with Gasteiger partial charge in [0.1, 0.15) is 12.2 Å². The summed E-state index contributed by atoms with van der Waals surface area (Å²) in [6, 6.07) is 0. The van der Waals surface area contributed by atoms with Crippen LogP contribution in [0.5, 0.6) is 5.75 Å². The Hall–Kier alpha value is -1.90. The monoisotopic (exact) mass is 321 g/mol. The summed E-state index contributed by atoms with van der Waals surface area (Å²) in [5.41, 5.74) is 1.12. The molecular formula is C15H23N5O3. The molecule has 1 aliphatic rings. The van der Waals surface area contributed by atoms with Gasteiger partial charge in [-0.05, 0) is 0 Å². The van der Waals surface area contributed by atoms with Crippen LogP contribution in [-0.2, 0) is 24.9 Å². The molecule has 3 heterocycles. The van der Waals surface area contributed by atoms with Crippen molar-refractivity contribution in [2.24, 2.45) is 7.05 Å². The Bertz CT molecular complexity index is 626. The van der Waals surface area contributed by atoms with Gasteiger partial charge in [0.25, 0.3) is 0 Å². The fourth-order valence-corrected chi connectivity index (χ4v) is 2.77. The standard InChI is InChI=1S/C15H23N5O3/c1-18-9-13(6-16-18)23-15-11-19(10-14(15)21)7-12-5-17-20(8-12)3-4-22-2/h5-6,8-9,14-15,21H,3-4,7,10-11H2,1-2H3/t14-,15-/m1/s1. The summed E-state index contributed by atoms with van der Waals surface area (Å²) in [6.45, 7) is 3.40. The van der Waals surface area contributed by atoms with Gasteiger partial charge in [-0.3, -0.25) is 14.3 Å². The van der Waals surface area contributed by atoms with Gasteiger partial charge < -0.3 is 14.6 Å². The van der Waals surface area contributed by atoms with Gasteiger partial charge in [0, 0.05) is 45.6 Å². The van der Waals surface area contributed by atoms with Crippen molar-refractivity contribution in [2.45, 2.75) is 25.3 Å². The molecule has 1 fully saturated rings. The van der Waals surface area contributed by atoms with Crippen LogP contribution >= 0.6 is 0 Å². The molecule has 0 amide bonds. The van der Waals surface area contributed by atoms with Crippen molar-refractivity contribution in [1.82, 2.24) is 24.5 Å². The first-order valence-electron chi connectivity index (χ1n) is 7.70. The van der Waals surface area contributed by atoms with Crippen LogP contribution in [0.4, 0.5) is 0 Å². The highest BCUT2D eigenvalue weighted by Gasteiger charge is 2.33. The number of methoxy groups -OCH3 is 1. The molecule has 8 nitrogen and oxygen atoms in total. The molecule has 3 rings (SSSR count). The Morgan fingerprint density at radius 3 is 2.87 bits per heavy atom. The summed E-state index contributed by atoms with van der Waals surface area (Å²) in [7, 11) is 3.52. The van der Waals surface area contributed by atoms with E-state index in [1.165, 1.54) is 0 Å². The zero-order valence-corrected chi connectivity index (χ0v) is 13.5. The van der Waals surface area contributed by atoms with E-state index >= 15 is 0 Å². The van der Waals surface area contributed by atoms with E-state index in [9.17, 15) is 5.11 Å². The molecule has 2 aromatic heterocycles. The predicted molar refractivity (Wildman–Crippen MR) is 83.0 cm³/mol. The topological polar surface area (TPSA) is 77.6 Å². The highest BCUT2D eigenvalue weighted by Crippen LogP contribution is 2.19. The minimum Gasteiger partial charge on any atom is -0.483 e. The first-order chi connectivity index (χ1) is 11.1. The third kappa shape index (κ3) is 4.10. The average Bonchev–Trinajstić information content (AvgIpc) is 3.21. The lowest BCUT2D eigenvalue weighted by Gasteiger charge is -2.15. The molecule has 0 saturated carbocycles. The Morgan fingerprint density at radius 2 is 2.13 bits per heavy atom. The van der Waals surface area contributed by atoms with E-state index in [1.54, 1.807) is 24.2 Å². The second-order valence-corrected chi connectivity index (χ2v) is 5.87. The van der Waals surface area contributed by atoms with Crippen molar-refractivity contribution in [3.8, 4) is 5.75 Å². The molecular weight excluding hydrogens is 298 g/mol. The van der Waals surface area contributed by atoms with Crippen LogP contribution in [0.15, 0.2) is 24.8 Å². The van der Waals surface area contributed by atoms with E-state index in [0.717, 1.165) is 18.7 Å². The van der Waals surface area contributed by atoms with Crippen LogP contribution in [0.3, 0.4) is 0 Å². The number of aliphatic hydroxyl groups excluding tert-OH is 1. The fraction of sp³-hybridized carbons (Fsp3) is 0.600. The number of aryl methyl sites for hydroxylation is 1. The maximum atomic E-state index is 10.2. The van der Waals surface area contributed by atoms with Gasteiger partial charge in [0.15, 0.2) is 5.75 Å². The Kier molecular flexibility index (Phi) is 4.94. The van der Waals surface area contributed by atoms with E-state index in [4.69, 9.17) is 9.47 Å². The lowest BCUT2D eigenvalue weighted by atomic mass is 10.3. The Morgan fingerprint density at radius 1 is 1.26 bits per heavy atom. The van der Waals surface area contributed by atoms with Gasteiger partial charge in [-0.1, -0.05) is 0 Å². The van der Waals surface area contributed by atoms with Crippen molar-refractivity contribution >= 4 is 0 Å². The molecule has 0 bridgehead atoms. The molecule has 126 valence electrons. The molecule has 1 saturated heterocycles. The molecule has 0 radical (unpaired) electrons. The van der Waals surface area contributed by atoms with E-state index in [1.807, 2.05) is 24.1 Å². The summed E-state index contributed by atoms with van der Waals surface area (Å²) >= 11 is 0. The van der Waals surface area contributed by atoms with Crippen molar-refractivity contribution in [3.05, 3.63) is 30.4 Å². The van der Waals surface area contributed by atoms with Gasteiger partial charge in [-0.2, -0.15) is 10.2 Å². The number of nitrogens with zero attached hydrogens (tertiary/aromatic N) is 5. The summed E-state index contributed by atoms with van der Waals surface area (Å²) in [6.07, 6.45) is 6.60. The van der Waals surface area contributed by atoms with Crippen LogP contribution < -0.4 is 4.74 Å². The summed E-state index contributed by atoms with van der Waals surface area (Å²) in [4.78, 5) is 2.17. The van der Waals surface area contributed by atoms with Crippen molar-refractivity contribution in [3.63, 3.8) is 0 Å². The SMILES string of the molecule is COCCn1cc(CN2C[C@@H](O)[C@H](Oc3cnn(C)c3)C2)cn1. The number of likely N-dealkylation sites (tertiary alicyclic amines) is 1. The summed E-state index contributed by atoms with van der Waals surface area (Å²) in [5.74, 6) is 0.686. The molecule has 0 aromatic carbocycles. The number of ether oxygens (including phenoxy) is 2. The molecule has 0 unspecified atom stereocenters. The molecule has 0 spiro atoms. The highest BCUT2D eigenvalue weighted by molar-refractivity contribution is 5.13. The molecule has 23 heavy (non-hydrogen) atoms. The van der Waals surface area contributed by atoms with Crippen LogP contribution in [0.1, 0.15) is 5.56 Å². The zero-order chi connectivity index (χ0) is 16.2. The minimum atomic E-state index is -0.501.